The predicted molar refractivity (Wildman–Crippen MR) is 134 cm³/mol. The van der Waals surface area contributed by atoms with Crippen LogP contribution in [0.3, 0.4) is 0 Å². The number of fused-ring (bicyclic) bond motifs is 4. The van der Waals surface area contributed by atoms with Gasteiger partial charge in [-0.15, -0.1) is 0 Å². The zero-order valence-corrected chi connectivity index (χ0v) is 19.9. The van der Waals surface area contributed by atoms with E-state index in [1.165, 1.54) is 0 Å². The molecule has 3 aromatic carbocycles. The predicted octanol–water partition coefficient (Wildman–Crippen LogP) is 5.74. The summed E-state index contributed by atoms with van der Waals surface area (Å²) < 4.78 is 41.2. The molecule has 0 saturated carbocycles. The highest BCUT2D eigenvalue weighted by Gasteiger charge is 2.49. The quantitative estimate of drug-likeness (QED) is 0.255. The highest BCUT2D eigenvalue weighted by atomic mass is 19.4. The van der Waals surface area contributed by atoms with Gasteiger partial charge in [-0.25, -0.2) is 4.98 Å². The number of nitrogens with two attached hydrogens (primary N) is 1. The number of anilines is 1. The van der Waals surface area contributed by atoms with E-state index in [0.29, 0.717) is 25.1 Å². The molecule has 5 nitrogen and oxygen atoms in total. The number of aryl methyl sites for hydroxylation is 2. The van der Waals surface area contributed by atoms with Gasteiger partial charge in [-0.3, -0.25) is 4.79 Å². The Hall–Kier alpha value is -3.81. The molecule has 8 heteroatoms. The van der Waals surface area contributed by atoms with E-state index in [-0.39, 0.29) is 0 Å². The number of hydrogen-bond acceptors (Lipinski definition) is 3. The first-order chi connectivity index (χ1) is 17.2. The van der Waals surface area contributed by atoms with Gasteiger partial charge < -0.3 is 15.6 Å². The van der Waals surface area contributed by atoms with E-state index in [4.69, 9.17) is 5.73 Å². The summed E-state index contributed by atoms with van der Waals surface area (Å²) in [6.45, 7) is 1.23. The smallest absolute Gasteiger partial charge is 0.397 e. The van der Waals surface area contributed by atoms with Crippen LogP contribution in [0.2, 0.25) is 0 Å². The minimum Gasteiger partial charge on any atom is -0.397 e. The van der Waals surface area contributed by atoms with Gasteiger partial charge in [0.05, 0.1) is 11.2 Å². The molecular weight excluding hydrogens is 465 g/mol. The first-order valence-electron chi connectivity index (χ1n) is 12.0. The molecule has 0 atom stereocenters. The fraction of sp³-hybridized carbons (Fsp3) is 0.286. The molecule has 0 unspecified atom stereocenters. The van der Waals surface area contributed by atoms with Crippen LogP contribution in [0.25, 0.3) is 22.2 Å². The summed E-state index contributed by atoms with van der Waals surface area (Å²) in [7, 11) is 0. The van der Waals surface area contributed by atoms with E-state index in [1.807, 2.05) is 73.7 Å². The Morgan fingerprint density at radius 1 is 0.972 bits per heavy atom. The van der Waals surface area contributed by atoms with Gasteiger partial charge in [-0.05, 0) is 60.6 Å². The first-order valence-corrected chi connectivity index (χ1v) is 12.0. The number of para-hydroxylation sites is 1. The van der Waals surface area contributed by atoms with Crippen molar-refractivity contribution in [1.29, 1.82) is 0 Å². The van der Waals surface area contributed by atoms with Crippen molar-refractivity contribution in [2.75, 3.05) is 12.3 Å². The number of halogens is 3. The number of nitrogens with zero attached hydrogens (tertiary/aromatic N) is 2. The van der Waals surface area contributed by atoms with Crippen LogP contribution in [0.15, 0.2) is 66.7 Å². The second kappa shape index (κ2) is 9.00. The molecule has 186 valence electrons. The van der Waals surface area contributed by atoms with Crippen LogP contribution in [-0.4, -0.2) is 28.2 Å². The number of amides is 1. The molecule has 0 fully saturated rings. The van der Waals surface area contributed by atoms with E-state index in [0.717, 1.165) is 45.5 Å². The van der Waals surface area contributed by atoms with Gasteiger partial charge in [0.15, 0.2) is 0 Å². The zero-order valence-electron chi connectivity index (χ0n) is 19.9. The molecule has 1 aromatic heterocycles. The van der Waals surface area contributed by atoms with Crippen LogP contribution < -0.4 is 11.1 Å². The Bertz CT molecular complexity index is 1400. The summed E-state index contributed by atoms with van der Waals surface area (Å²) in [4.78, 5) is 18.2. The van der Waals surface area contributed by atoms with Gasteiger partial charge in [0, 0.05) is 6.54 Å². The summed E-state index contributed by atoms with van der Waals surface area (Å²) in [6.07, 6.45) is -2.75. The van der Waals surface area contributed by atoms with Crippen molar-refractivity contribution < 1.29 is 18.0 Å². The first kappa shape index (κ1) is 23.9. The van der Waals surface area contributed by atoms with Crippen molar-refractivity contribution in [2.45, 2.75) is 44.3 Å². The molecule has 36 heavy (non-hydrogen) atoms. The van der Waals surface area contributed by atoms with E-state index in [2.05, 4.69) is 14.9 Å². The van der Waals surface area contributed by atoms with Gasteiger partial charge in [-0.1, -0.05) is 54.6 Å². The zero-order chi connectivity index (χ0) is 25.5. The molecule has 3 N–H and O–H groups in total. The number of unbranched alkanes of at least 4 members (excludes halogenated alkanes) is 1. The maximum Gasteiger partial charge on any atom is 0.405 e. The summed E-state index contributed by atoms with van der Waals surface area (Å²) in [5.41, 5.74) is 10.5. The lowest BCUT2D eigenvalue weighted by atomic mass is 9.73. The fourth-order valence-corrected chi connectivity index (χ4v) is 5.51. The van der Waals surface area contributed by atoms with Crippen molar-refractivity contribution in [3.63, 3.8) is 0 Å². The van der Waals surface area contributed by atoms with Crippen LogP contribution in [0.4, 0.5) is 18.9 Å². The van der Waals surface area contributed by atoms with Crippen LogP contribution in [0.5, 0.6) is 0 Å². The molecule has 0 bridgehead atoms. The Balaban J connectivity index is 1.45. The largest absolute Gasteiger partial charge is 0.405 e. The lowest BCUT2D eigenvalue weighted by Gasteiger charge is -2.31. The average Bonchev–Trinajstić information content (AvgIpc) is 3.33. The van der Waals surface area contributed by atoms with Crippen LogP contribution in [0, 0.1) is 6.92 Å². The Labute approximate surface area is 207 Å². The minimum atomic E-state index is -4.49. The summed E-state index contributed by atoms with van der Waals surface area (Å²) in [5, 5.41) is 2.19. The second-order valence-electron chi connectivity index (χ2n) is 9.28. The number of benzene rings is 3. The van der Waals surface area contributed by atoms with Gasteiger partial charge in [0.1, 0.15) is 23.3 Å². The van der Waals surface area contributed by atoms with Gasteiger partial charge in [0.2, 0.25) is 5.91 Å². The van der Waals surface area contributed by atoms with Crippen LogP contribution in [0.1, 0.15) is 36.2 Å². The number of carbonyl (C=O) groups excluding carboxylic acids is 1. The van der Waals surface area contributed by atoms with E-state index < -0.39 is 24.0 Å². The second-order valence-corrected chi connectivity index (χ2v) is 9.28. The Morgan fingerprint density at radius 2 is 1.61 bits per heavy atom. The third kappa shape index (κ3) is 4.00. The van der Waals surface area contributed by atoms with Crippen molar-refractivity contribution in [2.24, 2.45) is 0 Å². The van der Waals surface area contributed by atoms with E-state index >= 15 is 0 Å². The Morgan fingerprint density at radius 3 is 2.25 bits per heavy atom. The molecule has 1 amide bonds. The number of carbonyl (C=O) groups is 1. The van der Waals surface area contributed by atoms with Gasteiger partial charge in [0.25, 0.3) is 0 Å². The van der Waals surface area contributed by atoms with Gasteiger partial charge >= 0.3 is 6.18 Å². The maximum absolute atomic E-state index is 13.6. The number of imidazole rings is 1. The molecule has 1 heterocycles. The molecular formula is C28H27F3N4O. The van der Waals surface area contributed by atoms with Crippen molar-refractivity contribution in [3.8, 4) is 11.1 Å². The molecule has 4 aromatic rings. The molecule has 0 spiro atoms. The van der Waals surface area contributed by atoms with Crippen molar-refractivity contribution in [3.05, 3.63) is 83.7 Å². The topological polar surface area (TPSA) is 72.9 Å². The average molecular weight is 493 g/mol. The molecule has 0 aliphatic heterocycles. The number of rotatable bonds is 7. The number of alkyl halides is 3. The fourth-order valence-electron chi connectivity index (χ4n) is 5.51. The molecule has 5 rings (SSSR count). The minimum absolute atomic E-state index is 0.387. The van der Waals surface area contributed by atoms with Crippen LogP contribution in [-0.2, 0) is 16.8 Å². The lowest BCUT2D eigenvalue weighted by Crippen LogP contribution is -2.47. The number of aromatic nitrogens is 2. The third-order valence-electron chi connectivity index (χ3n) is 7.09. The summed E-state index contributed by atoms with van der Waals surface area (Å²) in [5.74, 6) is 0.228. The maximum atomic E-state index is 13.6. The lowest BCUT2D eigenvalue weighted by molar-refractivity contribution is -0.141. The summed E-state index contributed by atoms with van der Waals surface area (Å²) in [6, 6.07) is 20.7. The van der Waals surface area contributed by atoms with Crippen molar-refractivity contribution in [1.82, 2.24) is 14.9 Å². The molecule has 0 saturated heterocycles. The Kier molecular flexibility index (Phi) is 5.98. The summed E-state index contributed by atoms with van der Waals surface area (Å²) >= 11 is 0. The SMILES string of the molecule is Cc1nc2c(N)cccc2n1CCCCC1(C(=O)NCC(F)(F)F)c2ccccc2-c2ccccc21. The monoisotopic (exact) mass is 492 g/mol. The van der Waals surface area contributed by atoms with Crippen molar-refractivity contribution >= 4 is 22.6 Å². The molecule has 1 aliphatic carbocycles. The molecule has 1 aliphatic rings. The molecule has 0 radical (unpaired) electrons. The number of hydrogen-bond donors (Lipinski definition) is 2. The van der Waals surface area contributed by atoms with Gasteiger partial charge in [-0.2, -0.15) is 13.2 Å². The number of nitrogen functional groups attached to an aromatic ring is 1. The third-order valence-corrected chi connectivity index (χ3v) is 7.09. The normalized spacial score (nSPS) is 14.0. The van der Waals surface area contributed by atoms with E-state index in [9.17, 15) is 18.0 Å². The highest BCUT2D eigenvalue weighted by molar-refractivity contribution is 6.00. The van der Waals surface area contributed by atoms with E-state index in [1.54, 1.807) is 0 Å². The standard InChI is InChI=1S/C28H27F3N4O/c1-18-34-25-23(32)13-8-14-24(25)35(18)16-7-6-15-27(26(36)33-17-28(29,30)31)21-11-4-2-9-19(21)20-10-3-5-12-22(20)27/h2-5,8-14H,6-7,15-17,32H2,1H3,(H,33,36). The van der Waals surface area contributed by atoms with Crippen LogP contribution >= 0.6 is 0 Å². The highest BCUT2D eigenvalue weighted by Crippen LogP contribution is 2.51. The number of nitrogens with one attached hydrogen (secondary N) is 1.